The lowest BCUT2D eigenvalue weighted by atomic mass is 9.46. The largest absolute Gasteiger partial charge is 0.397 e. The number of fused-ring (bicyclic) bond motifs is 5. The third-order valence-electron chi connectivity index (χ3n) is 10.4. The van der Waals surface area contributed by atoms with E-state index in [1.54, 1.807) is 0 Å². The van der Waals surface area contributed by atoms with Crippen LogP contribution in [-0.2, 0) is 19.4 Å². The van der Waals surface area contributed by atoms with Gasteiger partial charge in [0, 0.05) is 5.92 Å². The van der Waals surface area contributed by atoms with E-state index in [1.807, 2.05) is 6.08 Å². The predicted molar refractivity (Wildman–Crippen MR) is 130 cm³/mol. The van der Waals surface area contributed by atoms with E-state index in [2.05, 4.69) is 34.6 Å². The summed E-state index contributed by atoms with van der Waals surface area (Å²) < 4.78 is 36.5. The van der Waals surface area contributed by atoms with Gasteiger partial charge in [-0.3, -0.25) is 9.35 Å². The summed E-state index contributed by atoms with van der Waals surface area (Å²) in [4.78, 5) is 13.5. The molecule has 6 heteroatoms. The molecular formula is C27H44O5S. The first-order valence-electron chi connectivity index (χ1n) is 13.3. The van der Waals surface area contributed by atoms with Crippen LogP contribution in [0.15, 0.2) is 11.6 Å². The van der Waals surface area contributed by atoms with Crippen LogP contribution in [0.3, 0.4) is 0 Å². The molecule has 0 aromatic heterocycles. The van der Waals surface area contributed by atoms with E-state index in [-0.39, 0.29) is 22.5 Å². The van der Waals surface area contributed by atoms with Gasteiger partial charge in [0.1, 0.15) is 0 Å². The van der Waals surface area contributed by atoms with Crippen molar-refractivity contribution in [3.63, 3.8) is 0 Å². The Labute approximate surface area is 201 Å². The number of allylic oxidation sites excluding steroid dienone is 1. The summed E-state index contributed by atoms with van der Waals surface area (Å²) in [5, 5.41) is 0. The van der Waals surface area contributed by atoms with Crippen molar-refractivity contribution in [3.8, 4) is 0 Å². The summed E-state index contributed by atoms with van der Waals surface area (Å²) in [5.41, 5.74) is 1.22. The lowest BCUT2D eigenvalue weighted by molar-refractivity contribution is -0.135. The minimum Gasteiger partial charge on any atom is -0.295 e. The van der Waals surface area contributed by atoms with E-state index in [0.29, 0.717) is 36.5 Å². The van der Waals surface area contributed by atoms with Crippen molar-refractivity contribution in [1.29, 1.82) is 0 Å². The van der Waals surface area contributed by atoms with E-state index in [9.17, 15) is 13.2 Å². The first-order valence-corrected chi connectivity index (χ1v) is 14.6. The van der Waals surface area contributed by atoms with Gasteiger partial charge in [-0.25, -0.2) is 4.18 Å². The zero-order valence-corrected chi connectivity index (χ0v) is 22.0. The molecule has 1 unspecified atom stereocenters. The smallest absolute Gasteiger partial charge is 0.295 e. The summed E-state index contributed by atoms with van der Waals surface area (Å²) in [7, 11) is -4.48. The fraction of sp³-hybridized carbons (Fsp3) is 0.889. The molecule has 33 heavy (non-hydrogen) atoms. The first kappa shape index (κ1) is 25.4. The Kier molecular flexibility index (Phi) is 6.96. The Morgan fingerprint density at radius 1 is 1.06 bits per heavy atom. The standard InChI is InChI=1S/C27H44O5S/c1-17(2)7-6-8-18(3)21-9-10-22-25-23(12-14-27(21,22)5)26(4)13-11-20(32-33(29,30)31)15-19(26)16-24(25)28/h16-18,20-23,25H,6-15H2,1-5H3,(H,29,30,31)/t18-,20?,21-,22+,23+,25+,26+,27-/m1/s1. The van der Waals surface area contributed by atoms with Crippen LogP contribution < -0.4 is 0 Å². The summed E-state index contributed by atoms with van der Waals surface area (Å²) in [6.07, 6.45) is 11.7. The summed E-state index contributed by atoms with van der Waals surface area (Å²) in [5.74, 6) is 3.34. The molecule has 0 aliphatic heterocycles. The second-order valence-corrected chi connectivity index (χ2v) is 13.7. The van der Waals surface area contributed by atoms with Gasteiger partial charge in [-0.2, -0.15) is 8.42 Å². The average Bonchev–Trinajstić information content (AvgIpc) is 3.05. The van der Waals surface area contributed by atoms with Crippen molar-refractivity contribution in [3.05, 3.63) is 11.6 Å². The van der Waals surface area contributed by atoms with Crippen LogP contribution in [0.25, 0.3) is 0 Å². The summed E-state index contributed by atoms with van der Waals surface area (Å²) in [6, 6.07) is 0. The fourth-order valence-electron chi connectivity index (χ4n) is 8.65. The Hall–Kier alpha value is -0.720. The molecule has 0 spiro atoms. The average molecular weight is 481 g/mol. The van der Waals surface area contributed by atoms with Gasteiger partial charge >= 0.3 is 10.4 Å². The number of hydrogen-bond donors (Lipinski definition) is 1. The summed E-state index contributed by atoms with van der Waals surface area (Å²) >= 11 is 0. The molecule has 0 saturated heterocycles. The highest BCUT2D eigenvalue weighted by Gasteiger charge is 2.61. The monoisotopic (exact) mass is 480 g/mol. The fourth-order valence-corrected chi connectivity index (χ4v) is 9.16. The number of rotatable bonds is 7. The maximum Gasteiger partial charge on any atom is 0.397 e. The second kappa shape index (κ2) is 9.05. The molecule has 0 amide bonds. The Morgan fingerprint density at radius 3 is 2.45 bits per heavy atom. The van der Waals surface area contributed by atoms with Crippen LogP contribution in [-0.4, -0.2) is 24.9 Å². The molecule has 5 nitrogen and oxygen atoms in total. The molecule has 0 aromatic carbocycles. The van der Waals surface area contributed by atoms with Gasteiger partial charge in [0.2, 0.25) is 0 Å². The summed E-state index contributed by atoms with van der Waals surface area (Å²) in [6.45, 7) is 11.8. The molecule has 4 rings (SSSR count). The molecular weight excluding hydrogens is 436 g/mol. The molecule has 8 atom stereocenters. The second-order valence-electron chi connectivity index (χ2n) is 12.6. The maximum absolute atomic E-state index is 13.5. The number of hydrogen-bond acceptors (Lipinski definition) is 4. The van der Waals surface area contributed by atoms with Crippen molar-refractivity contribution >= 4 is 16.2 Å². The van der Waals surface area contributed by atoms with Crippen molar-refractivity contribution < 1.29 is 21.9 Å². The van der Waals surface area contributed by atoms with E-state index in [1.165, 1.54) is 32.1 Å². The topological polar surface area (TPSA) is 80.7 Å². The highest BCUT2D eigenvalue weighted by atomic mass is 32.3. The normalized spacial score (nSPS) is 41.8. The highest BCUT2D eigenvalue weighted by Crippen LogP contribution is 2.66. The van der Waals surface area contributed by atoms with Crippen LogP contribution >= 0.6 is 0 Å². The molecule has 0 heterocycles. The minimum absolute atomic E-state index is 0.0695. The predicted octanol–water partition coefficient (Wildman–Crippen LogP) is 6.39. The van der Waals surface area contributed by atoms with Gasteiger partial charge in [-0.1, -0.05) is 59.5 Å². The van der Waals surface area contributed by atoms with Gasteiger partial charge in [-0.15, -0.1) is 0 Å². The minimum atomic E-state index is -4.48. The quantitative estimate of drug-likeness (QED) is 0.427. The number of carbonyl (C=O) groups is 1. The highest BCUT2D eigenvalue weighted by molar-refractivity contribution is 7.80. The third kappa shape index (κ3) is 4.73. The van der Waals surface area contributed by atoms with Crippen molar-refractivity contribution in [2.75, 3.05) is 0 Å². The molecule has 3 saturated carbocycles. The van der Waals surface area contributed by atoms with E-state index < -0.39 is 16.5 Å². The van der Waals surface area contributed by atoms with Gasteiger partial charge in [0.25, 0.3) is 0 Å². The van der Waals surface area contributed by atoms with Crippen LogP contribution in [0.4, 0.5) is 0 Å². The molecule has 0 aromatic rings. The van der Waals surface area contributed by atoms with Crippen molar-refractivity contribution in [1.82, 2.24) is 0 Å². The van der Waals surface area contributed by atoms with Crippen molar-refractivity contribution in [2.24, 2.45) is 46.3 Å². The molecule has 188 valence electrons. The van der Waals surface area contributed by atoms with Gasteiger partial charge in [-0.05, 0) is 91.4 Å². The zero-order chi connectivity index (χ0) is 24.2. The Balaban J connectivity index is 1.52. The van der Waals surface area contributed by atoms with Crippen molar-refractivity contribution in [2.45, 2.75) is 105 Å². The first-order chi connectivity index (χ1) is 15.3. The van der Waals surface area contributed by atoms with Crippen LogP contribution in [0, 0.1) is 46.3 Å². The Bertz CT molecular complexity index is 892. The lowest BCUT2D eigenvalue weighted by Gasteiger charge is -2.57. The third-order valence-corrected chi connectivity index (χ3v) is 10.9. The zero-order valence-electron chi connectivity index (χ0n) is 21.2. The van der Waals surface area contributed by atoms with Crippen LogP contribution in [0.2, 0.25) is 0 Å². The van der Waals surface area contributed by atoms with E-state index in [4.69, 9.17) is 8.74 Å². The SMILES string of the molecule is CC(C)CCC[C@@H](C)[C@H]1CC[C@H]2[C@@H]3C(=O)C=C4CC(OS(=O)(=O)O)CC[C@]4(C)[C@H]3CC[C@]12C. The van der Waals surface area contributed by atoms with Gasteiger partial charge in [0.15, 0.2) is 5.78 Å². The molecule has 3 fully saturated rings. The van der Waals surface area contributed by atoms with Crippen LogP contribution in [0.1, 0.15) is 98.8 Å². The van der Waals surface area contributed by atoms with Gasteiger partial charge in [0.05, 0.1) is 6.10 Å². The number of ketones is 1. The van der Waals surface area contributed by atoms with E-state index in [0.717, 1.165) is 30.8 Å². The van der Waals surface area contributed by atoms with E-state index >= 15 is 0 Å². The molecule has 0 bridgehead atoms. The Morgan fingerprint density at radius 2 is 1.79 bits per heavy atom. The molecule has 0 radical (unpaired) electrons. The molecule has 1 N–H and O–H groups in total. The van der Waals surface area contributed by atoms with Crippen LogP contribution in [0.5, 0.6) is 0 Å². The lowest BCUT2D eigenvalue weighted by Crippen LogP contribution is -2.53. The number of carbonyl (C=O) groups excluding carboxylic acids is 1. The maximum atomic E-state index is 13.5. The molecule has 4 aliphatic carbocycles. The molecule has 4 aliphatic rings. The van der Waals surface area contributed by atoms with Gasteiger partial charge < -0.3 is 0 Å².